The number of carbonyl (C=O) groups excluding carboxylic acids is 1. The van der Waals surface area contributed by atoms with Gasteiger partial charge in [0.15, 0.2) is 11.6 Å². The Balaban J connectivity index is 1.57. The SMILES string of the molecule is Cn1cc(C(=O)NC2CCN(c3ncc(Cl)cc3F)CC2)cn1. The number of nitrogens with one attached hydrogen (secondary N) is 1. The molecule has 8 heteroatoms. The van der Waals surface area contributed by atoms with Gasteiger partial charge < -0.3 is 10.2 Å². The number of hydrogen-bond acceptors (Lipinski definition) is 4. The maximum atomic E-state index is 13.9. The molecular weight excluding hydrogens is 321 g/mol. The lowest BCUT2D eigenvalue weighted by Crippen LogP contribution is -2.45. The normalized spacial score (nSPS) is 15.7. The van der Waals surface area contributed by atoms with E-state index in [-0.39, 0.29) is 17.0 Å². The van der Waals surface area contributed by atoms with Gasteiger partial charge in [-0.2, -0.15) is 5.10 Å². The van der Waals surface area contributed by atoms with Gasteiger partial charge in [0.05, 0.1) is 16.8 Å². The van der Waals surface area contributed by atoms with E-state index in [1.807, 2.05) is 4.90 Å². The summed E-state index contributed by atoms with van der Waals surface area (Å²) in [5, 5.41) is 7.26. The second-order valence-corrected chi connectivity index (χ2v) is 6.03. The van der Waals surface area contributed by atoms with E-state index in [2.05, 4.69) is 15.4 Å². The first-order chi connectivity index (χ1) is 11.0. The predicted octanol–water partition coefficient (Wildman–Crippen LogP) is 2.01. The molecule has 23 heavy (non-hydrogen) atoms. The molecule has 3 heterocycles. The molecule has 3 rings (SSSR count). The monoisotopic (exact) mass is 337 g/mol. The molecule has 2 aromatic heterocycles. The summed E-state index contributed by atoms with van der Waals surface area (Å²) in [5.74, 6) is -0.242. The number of anilines is 1. The standard InChI is InChI=1S/C15H17ClFN5O/c1-21-9-10(7-19-21)15(23)20-12-2-4-22(5-3-12)14-13(17)6-11(16)8-18-14/h6-9,12H,2-5H2,1H3,(H,20,23). The molecule has 1 N–H and O–H groups in total. The van der Waals surface area contributed by atoms with E-state index in [0.29, 0.717) is 24.5 Å². The minimum atomic E-state index is -0.421. The summed E-state index contributed by atoms with van der Waals surface area (Å²) >= 11 is 5.72. The van der Waals surface area contributed by atoms with Gasteiger partial charge in [-0.05, 0) is 18.9 Å². The largest absolute Gasteiger partial charge is 0.354 e. The molecule has 1 aliphatic rings. The van der Waals surface area contributed by atoms with Gasteiger partial charge in [0, 0.05) is 38.6 Å². The summed E-state index contributed by atoms with van der Waals surface area (Å²) in [6.45, 7) is 1.26. The van der Waals surface area contributed by atoms with E-state index in [4.69, 9.17) is 11.6 Å². The number of amides is 1. The second-order valence-electron chi connectivity index (χ2n) is 5.60. The Kier molecular flexibility index (Phi) is 4.47. The summed E-state index contributed by atoms with van der Waals surface area (Å²) in [4.78, 5) is 18.0. The highest BCUT2D eigenvalue weighted by Gasteiger charge is 2.24. The Morgan fingerprint density at radius 3 is 2.74 bits per heavy atom. The van der Waals surface area contributed by atoms with Crippen LogP contribution in [0.25, 0.3) is 0 Å². The lowest BCUT2D eigenvalue weighted by Gasteiger charge is -2.33. The van der Waals surface area contributed by atoms with Gasteiger partial charge in [0.25, 0.3) is 5.91 Å². The highest BCUT2D eigenvalue weighted by molar-refractivity contribution is 6.30. The predicted molar refractivity (Wildman–Crippen MR) is 85.1 cm³/mol. The van der Waals surface area contributed by atoms with Gasteiger partial charge >= 0.3 is 0 Å². The molecule has 1 amide bonds. The van der Waals surface area contributed by atoms with Gasteiger partial charge in [-0.3, -0.25) is 9.48 Å². The van der Waals surface area contributed by atoms with Crippen LogP contribution in [0.15, 0.2) is 24.7 Å². The van der Waals surface area contributed by atoms with Crippen LogP contribution in [0.4, 0.5) is 10.2 Å². The van der Waals surface area contributed by atoms with Crippen molar-refractivity contribution in [3.05, 3.63) is 41.1 Å². The molecule has 1 saturated heterocycles. The number of hydrogen-bond donors (Lipinski definition) is 1. The van der Waals surface area contributed by atoms with E-state index in [9.17, 15) is 9.18 Å². The smallest absolute Gasteiger partial charge is 0.254 e. The van der Waals surface area contributed by atoms with Crippen molar-refractivity contribution in [2.45, 2.75) is 18.9 Å². The van der Waals surface area contributed by atoms with Gasteiger partial charge in [-0.15, -0.1) is 0 Å². The van der Waals surface area contributed by atoms with Crippen molar-refractivity contribution < 1.29 is 9.18 Å². The zero-order valence-electron chi connectivity index (χ0n) is 12.7. The molecule has 0 saturated carbocycles. The van der Waals surface area contributed by atoms with E-state index < -0.39 is 5.82 Å². The van der Waals surface area contributed by atoms with Gasteiger partial charge in [0.1, 0.15) is 0 Å². The number of pyridine rings is 1. The molecule has 0 aliphatic carbocycles. The summed E-state index contributed by atoms with van der Waals surface area (Å²) in [5.41, 5.74) is 0.542. The molecule has 0 bridgehead atoms. The number of piperidine rings is 1. The maximum absolute atomic E-state index is 13.9. The fourth-order valence-electron chi connectivity index (χ4n) is 2.68. The molecule has 1 aliphatic heterocycles. The Hall–Kier alpha value is -2.15. The first kappa shape index (κ1) is 15.7. The van der Waals surface area contributed by atoms with Crippen LogP contribution in [0, 0.1) is 5.82 Å². The first-order valence-corrected chi connectivity index (χ1v) is 7.76. The van der Waals surface area contributed by atoms with Crippen LogP contribution < -0.4 is 10.2 Å². The van der Waals surface area contributed by atoms with Crippen molar-refractivity contribution in [2.75, 3.05) is 18.0 Å². The van der Waals surface area contributed by atoms with Crippen LogP contribution in [-0.2, 0) is 7.05 Å². The molecule has 0 unspecified atom stereocenters. The molecular formula is C15H17ClFN5O. The van der Waals surface area contributed by atoms with Crippen LogP contribution in [0.1, 0.15) is 23.2 Å². The molecule has 2 aromatic rings. The third kappa shape index (κ3) is 3.61. The summed E-state index contributed by atoms with van der Waals surface area (Å²) < 4.78 is 15.5. The van der Waals surface area contributed by atoms with Crippen LogP contribution in [-0.4, -0.2) is 39.8 Å². The molecule has 1 fully saturated rings. The minimum absolute atomic E-state index is 0.0642. The summed E-state index contributed by atoms with van der Waals surface area (Å²) in [6, 6.07) is 1.33. The highest BCUT2D eigenvalue weighted by atomic mass is 35.5. The van der Waals surface area contributed by atoms with Crippen LogP contribution in [0.2, 0.25) is 5.02 Å². The van der Waals surface area contributed by atoms with E-state index in [1.54, 1.807) is 17.9 Å². The van der Waals surface area contributed by atoms with Crippen molar-refractivity contribution >= 4 is 23.3 Å². The molecule has 0 aromatic carbocycles. The van der Waals surface area contributed by atoms with Crippen LogP contribution in [0.5, 0.6) is 0 Å². The fourth-order valence-corrected chi connectivity index (χ4v) is 2.83. The Bertz CT molecular complexity index is 712. The number of aromatic nitrogens is 3. The molecule has 0 atom stereocenters. The maximum Gasteiger partial charge on any atom is 0.254 e. The Morgan fingerprint density at radius 2 is 2.13 bits per heavy atom. The number of carbonyl (C=O) groups is 1. The van der Waals surface area contributed by atoms with Crippen molar-refractivity contribution in [2.24, 2.45) is 7.05 Å². The second kappa shape index (κ2) is 6.54. The van der Waals surface area contributed by atoms with Gasteiger partial charge in [0.2, 0.25) is 0 Å². The van der Waals surface area contributed by atoms with Crippen molar-refractivity contribution in [3.63, 3.8) is 0 Å². The minimum Gasteiger partial charge on any atom is -0.354 e. The van der Waals surface area contributed by atoms with E-state index in [1.165, 1.54) is 18.5 Å². The molecule has 0 spiro atoms. The quantitative estimate of drug-likeness (QED) is 0.930. The topological polar surface area (TPSA) is 63.1 Å². The fraction of sp³-hybridized carbons (Fsp3) is 0.400. The lowest BCUT2D eigenvalue weighted by molar-refractivity contribution is 0.0931. The number of rotatable bonds is 3. The van der Waals surface area contributed by atoms with Crippen LogP contribution >= 0.6 is 11.6 Å². The van der Waals surface area contributed by atoms with Crippen molar-refractivity contribution in [1.82, 2.24) is 20.1 Å². The average Bonchev–Trinajstić information content (AvgIpc) is 2.95. The highest BCUT2D eigenvalue weighted by Crippen LogP contribution is 2.23. The number of halogens is 2. The third-order valence-electron chi connectivity index (χ3n) is 3.89. The zero-order chi connectivity index (χ0) is 16.4. The van der Waals surface area contributed by atoms with E-state index >= 15 is 0 Å². The third-order valence-corrected chi connectivity index (χ3v) is 4.09. The molecule has 122 valence electrons. The van der Waals surface area contributed by atoms with Crippen molar-refractivity contribution in [1.29, 1.82) is 0 Å². The number of aryl methyl sites for hydroxylation is 1. The van der Waals surface area contributed by atoms with E-state index in [0.717, 1.165) is 12.8 Å². The number of nitrogens with zero attached hydrogens (tertiary/aromatic N) is 4. The van der Waals surface area contributed by atoms with Crippen molar-refractivity contribution in [3.8, 4) is 0 Å². The summed E-state index contributed by atoms with van der Waals surface area (Å²) in [6.07, 6.45) is 6.12. The molecule has 6 nitrogen and oxygen atoms in total. The van der Waals surface area contributed by atoms with Gasteiger partial charge in [-0.25, -0.2) is 9.37 Å². The average molecular weight is 338 g/mol. The molecule has 0 radical (unpaired) electrons. The van der Waals surface area contributed by atoms with Crippen LogP contribution in [0.3, 0.4) is 0 Å². The Morgan fingerprint density at radius 1 is 1.39 bits per heavy atom. The lowest BCUT2D eigenvalue weighted by atomic mass is 10.0. The zero-order valence-corrected chi connectivity index (χ0v) is 13.4. The first-order valence-electron chi connectivity index (χ1n) is 7.38. The summed E-state index contributed by atoms with van der Waals surface area (Å²) in [7, 11) is 1.77. The Labute approximate surface area is 138 Å². The van der Waals surface area contributed by atoms with Gasteiger partial charge in [-0.1, -0.05) is 11.6 Å².